The molecule has 2 rings (SSSR count). The molecular formula is C14H12ClF2N. The number of halogens is 3. The first-order chi connectivity index (χ1) is 8.47. The van der Waals surface area contributed by atoms with E-state index >= 15 is 0 Å². The molecule has 1 unspecified atom stereocenters. The van der Waals surface area contributed by atoms with Crippen molar-refractivity contribution in [2.45, 2.75) is 13.0 Å². The fourth-order valence-corrected chi connectivity index (χ4v) is 2.11. The van der Waals surface area contributed by atoms with Gasteiger partial charge in [-0.25, -0.2) is 8.78 Å². The zero-order chi connectivity index (χ0) is 13.3. The van der Waals surface area contributed by atoms with Gasteiger partial charge in [-0.05, 0) is 53.9 Å². The summed E-state index contributed by atoms with van der Waals surface area (Å²) in [6.45, 7) is 1.77. The van der Waals surface area contributed by atoms with Crippen LogP contribution in [-0.4, -0.2) is 0 Å². The Hall–Kier alpha value is -1.45. The Morgan fingerprint density at radius 2 is 1.78 bits per heavy atom. The Bertz CT molecular complexity index is 564. The number of hydrogen-bond acceptors (Lipinski definition) is 1. The molecule has 0 radical (unpaired) electrons. The van der Waals surface area contributed by atoms with Crippen LogP contribution in [0.3, 0.4) is 0 Å². The first-order valence-corrected chi connectivity index (χ1v) is 5.83. The maximum absolute atomic E-state index is 13.3. The van der Waals surface area contributed by atoms with Gasteiger partial charge in [-0.2, -0.15) is 0 Å². The summed E-state index contributed by atoms with van der Waals surface area (Å²) in [4.78, 5) is 0. The lowest BCUT2D eigenvalue weighted by Gasteiger charge is -2.15. The smallest absolute Gasteiger partial charge is 0.123 e. The molecule has 0 heterocycles. The lowest BCUT2D eigenvalue weighted by Crippen LogP contribution is -2.13. The molecule has 0 aliphatic carbocycles. The summed E-state index contributed by atoms with van der Waals surface area (Å²) in [5.74, 6) is -0.786. The molecule has 0 saturated carbocycles. The van der Waals surface area contributed by atoms with Gasteiger partial charge in [0.1, 0.15) is 11.6 Å². The SMILES string of the molecule is Cc1cc(F)cc(C(N)c2cc(F)ccc2Cl)c1. The number of hydrogen-bond donors (Lipinski definition) is 1. The van der Waals surface area contributed by atoms with Crippen LogP contribution in [0.25, 0.3) is 0 Å². The van der Waals surface area contributed by atoms with Gasteiger partial charge < -0.3 is 5.73 Å². The van der Waals surface area contributed by atoms with Crippen LogP contribution in [0.1, 0.15) is 22.7 Å². The van der Waals surface area contributed by atoms with Crippen LogP contribution in [0, 0.1) is 18.6 Å². The largest absolute Gasteiger partial charge is 0.320 e. The minimum absolute atomic E-state index is 0.366. The summed E-state index contributed by atoms with van der Waals surface area (Å²) in [7, 11) is 0. The predicted octanol–water partition coefficient (Wildman–Crippen LogP) is 3.97. The quantitative estimate of drug-likeness (QED) is 0.875. The molecule has 0 aliphatic rings. The van der Waals surface area contributed by atoms with Crippen molar-refractivity contribution in [1.29, 1.82) is 0 Å². The van der Waals surface area contributed by atoms with E-state index in [4.69, 9.17) is 17.3 Å². The molecule has 0 saturated heterocycles. The van der Waals surface area contributed by atoms with Gasteiger partial charge in [0.25, 0.3) is 0 Å². The van der Waals surface area contributed by atoms with Crippen LogP contribution in [0.15, 0.2) is 36.4 Å². The Balaban J connectivity index is 2.47. The molecule has 2 aromatic carbocycles. The van der Waals surface area contributed by atoms with Gasteiger partial charge in [0.15, 0.2) is 0 Å². The van der Waals surface area contributed by atoms with Crippen molar-refractivity contribution < 1.29 is 8.78 Å². The van der Waals surface area contributed by atoms with Gasteiger partial charge in [-0.15, -0.1) is 0 Å². The van der Waals surface area contributed by atoms with Gasteiger partial charge in [-0.3, -0.25) is 0 Å². The third-order valence-electron chi connectivity index (χ3n) is 2.72. The summed E-state index contributed by atoms with van der Waals surface area (Å²) in [5.41, 5.74) is 7.78. The van der Waals surface area contributed by atoms with E-state index in [1.54, 1.807) is 13.0 Å². The summed E-state index contributed by atoms with van der Waals surface area (Å²) in [6, 6.07) is 7.82. The lowest BCUT2D eigenvalue weighted by molar-refractivity contribution is 0.619. The zero-order valence-corrected chi connectivity index (χ0v) is 10.5. The summed E-state index contributed by atoms with van der Waals surface area (Å²) in [5, 5.41) is 0.366. The summed E-state index contributed by atoms with van der Waals surface area (Å²) in [6.07, 6.45) is 0. The number of nitrogens with two attached hydrogens (primary N) is 1. The highest BCUT2D eigenvalue weighted by Gasteiger charge is 2.14. The number of rotatable bonds is 2. The molecule has 0 aliphatic heterocycles. The van der Waals surface area contributed by atoms with E-state index in [9.17, 15) is 8.78 Å². The van der Waals surface area contributed by atoms with E-state index in [0.717, 1.165) is 5.56 Å². The molecule has 0 aromatic heterocycles. The highest BCUT2D eigenvalue weighted by Crippen LogP contribution is 2.28. The minimum Gasteiger partial charge on any atom is -0.320 e. The Morgan fingerprint density at radius 3 is 2.44 bits per heavy atom. The van der Waals surface area contributed by atoms with Gasteiger partial charge in [-0.1, -0.05) is 17.7 Å². The van der Waals surface area contributed by atoms with Gasteiger partial charge in [0.2, 0.25) is 0 Å². The molecule has 1 nitrogen and oxygen atoms in total. The van der Waals surface area contributed by atoms with Crippen LogP contribution in [-0.2, 0) is 0 Å². The first kappa shape index (κ1) is 13.0. The lowest BCUT2D eigenvalue weighted by atomic mass is 9.98. The highest BCUT2D eigenvalue weighted by atomic mass is 35.5. The Morgan fingerprint density at radius 1 is 1.06 bits per heavy atom. The van der Waals surface area contributed by atoms with Crippen LogP contribution in [0.4, 0.5) is 8.78 Å². The average molecular weight is 268 g/mol. The van der Waals surface area contributed by atoms with E-state index in [1.165, 1.54) is 30.3 Å². The third kappa shape index (κ3) is 2.68. The molecule has 2 aromatic rings. The van der Waals surface area contributed by atoms with Gasteiger partial charge >= 0.3 is 0 Å². The molecule has 4 heteroatoms. The zero-order valence-electron chi connectivity index (χ0n) is 9.75. The van der Waals surface area contributed by atoms with Crippen LogP contribution in [0.5, 0.6) is 0 Å². The van der Waals surface area contributed by atoms with Crippen LogP contribution >= 0.6 is 11.6 Å². The summed E-state index contributed by atoms with van der Waals surface area (Å²) < 4.78 is 26.5. The molecule has 0 bridgehead atoms. The van der Waals surface area contributed by atoms with Crippen LogP contribution < -0.4 is 5.73 Å². The van der Waals surface area contributed by atoms with Crippen molar-refractivity contribution in [2.24, 2.45) is 5.73 Å². The fourth-order valence-electron chi connectivity index (χ4n) is 1.88. The van der Waals surface area contributed by atoms with Crippen molar-refractivity contribution in [1.82, 2.24) is 0 Å². The second kappa shape index (κ2) is 5.04. The standard InChI is InChI=1S/C14H12ClF2N/c1-8-4-9(6-11(17)5-8)14(18)12-7-10(16)2-3-13(12)15/h2-7,14H,18H2,1H3. The first-order valence-electron chi connectivity index (χ1n) is 5.45. The van der Waals surface area contributed by atoms with Crippen molar-refractivity contribution in [2.75, 3.05) is 0 Å². The molecule has 1 atom stereocenters. The Labute approximate surface area is 109 Å². The van der Waals surface area contributed by atoms with Gasteiger partial charge in [0.05, 0.1) is 6.04 Å². The predicted molar refractivity (Wildman–Crippen MR) is 68.6 cm³/mol. The molecule has 0 amide bonds. The van der Waals surface area contributed by atoms with E-state index in [1.807, 2.05) is 0 Å². The molecular weight excluding hydrogens is 256 g/mol. The van der Waals surface area contributed by atoms with E-state index in [0.29, 0.717) is 16.1 Å². The van der Waals surface area contributed by atoms with E-state index < -0.39 is 11.9 Å². The highest BCUT2D eigenvalue weighted by molar-refractivity contribution is 6.31. The van der Waals surface area contributed by atoms with Gasteiger partial charge in [0, 0.05) is 5.02 Å². The summed E-state index contributed by atoms with van der Waals surface area (Å²) >= 11 is 5.98. The second-order valence-corrected chi connectivity index (χ2v) is 4.61. The van der Waals surface area contributed by atoms with Crippen molar-refractivity contribution >= 4 is 11.6 Å². The Kier molecular flexibility index (Phi) is 3.64. The molecule has 2 N–H and O–H groups in total. The second-order valence-electron chi connectivity index (χ2n) is 4.21. The van der Waals surface area contributed by atoms with E-state index in [2.05, 4.69) is 0 Å². The third-order valence-corrected chi connectivity index (χ3v) is 3.06. The maximum atomic E-state index is 13.3. The minimum atomic E-state index is -0.650. The van der Waals surface area contributed by atoms with Crippen molar-refractivity contribution in [3.05, 3.63) is 69.7 Å². The molecule has 0 fully saturated rings. The topological polar surface area (TPSA) is 26.0 Å². The molecule has 94 valence electrons. The number of aryl methyl sites for hydroxylation is 1. The monoisotopic (exact) mass is 267 g/mol. The number of benzene rings is 2. The van der Waals surface area contributed by atoms with E-state index in [-0.39, 0.29) is 5.82 Å². The van der Waals surface area contributed by atoms with Crippen molar-refractivity contribution in [3.8, 4) is 0 Å². The molecule has 0 spiro atoms. The average Bonchev–Trinajstić information content (AvgIpc) is 2.30. The van der Waals surface area contributed by atoms with Crippen molar-refractivity contribution in [3.63, 3.8) is 0 Å². The normalized spacial score (nSPS) is 12.5. The molecule has 18 heavy (non-hydrogen) atoms. The fraction of sp³-hybridized carbons (Fsp3) is 0.143. The maximum Gasteiger partial charge on any atom is 0.123 e. The van der Waals surface area contributed by atoms with Crippen LogP contribution in [0.2, 0.25) is 5.02 Å².